The van der Waals surface area contributed by atoms with Crippen molar-refractivity contribution in [1.82, 2.24) is 9.55 Å². The topological polar surface area (TPSA) is 75.2 Å². The van der Waals surface area contributed by atoms with Gasteiger partial charge in [0.2, 0.25) is 0 Å². The SMILES string of the molecule is Cn1cc(-c2cc(S(C)(=O)=O)ccc2N2CCC3(CC3)C2)c2cc[nH]c2c1=O. The standard InChI is InChI=1S/C21H23N3O3S/c1-23-12-17(15-5-9-22-19(15)20(23)25)16-11-14(28(2,26)27)3-4-18(16)24-10-8-21(13-24)6-7-21/h3-5,9,11-12,22H,6-8,10,13H2,1-2H3. The monoisotopic (exact) mass is 397 g/mol. The summed E-state index contributed by atoms with van der Waals surface area (Å²) in [5.41, 5.74) is 3.67. The molecule has 1 saturated heterocycles. The van der Waals surface area contributed by atoms with Gasteiger partial charge in [-0.2, -0.15) is 0 Å². The van der Waals surface area contributed by atoms with Crippen LogP contribution in [0.2, 0.25) is 0 Å². The zero-order chi connectivity index (χ0) is 19.7. The Hall–Kier alpha value is -2.54. The minimum Gasteiger partial charge on any atom is -0.370 e. The molecule has 3 heterocycles. The van der Waals surface area contributed by atoms with E-state index in [1.54, 1.807) is 29.9 Å². The lowest BCUT2D eigenvalue weighted by atomic mass is 10.0. The molecular formula is C21H23N3O3S. The summed E-state index contributed by atoms with van der Waals surface area (Å²) in [6, 6.07) is 7.27. The minimum atomic E-state index is -3.34. The van der Waals surface area contributed by atoms with E-state index in [9.17, 15) is 13.2 Å². The van der Waals surface area contributed by atoms with E-state index in [0.29, 0.717) is 15.8 Å². The third-order valence-corrected chi connectivity index (χ3v) is 7.43. The van der Waals surface area contributed by atoms with Crippen LogP contribution in [0.3, 0.4) is 0 Å². The highest BCUT2D eigenvalue weighted by Gasteiger charge is 2.48. The van der Waals surface area contributed by atoms with Crippen LogP contribution in [-0.2, 0) is 16.9 Å². The van der Waals surface area contributed by atoms with Crippen molar-refractivity contribution in [3.63, 3.8) is 0 Å². The van der Waals surface area contributed by atoms with E-state index in [1.165, 1.54) is 25.5 Å². The fourth-order valence-corrected chi connectivity index (χ4v) is 5.09. The molecule has 28 heavy (non-hydrogen) atoms. The molecule has 1 N–H and O–H groups in total. The molecule has 0 bridgehead atoms. The predicted octanol–water partition coefficient (Wildman–Crippen LogP) is 2.93. The zero-order valence-electron chi connectivity index (χ0n) is 16.0. The molecule has 6 nitrogen and oxygen atoms in total. The molecule has 0 amide bonds. The third-order valence-electron chi connectivity index (χ3n) is 6.32. The van der Waals surface area contributed by atoms with Crippen molar-refractivity contribution in [3.8, 4) is 11.1 Å². The van der Waals surface area contributed by atoms with Crippen molar-refractivity contribution in [1.29, 1.82) is 0 Å². The lowest BCUT2D eigenvalue weighted by Gasteiger charge is -2.23. The summed E-state index contributed by atoms with van der Waals surface area (Å²) in [5.74, 6) is 0. The van der Waals surface area contributed by atoms with Crippen molar-refractivity contribution in [2.75, 3.05) is 24.2 Å². The highest BCUT2D eigenvalue weighted by atomic mass is 32.2. The Kier molecular flexibility index (Phi) is 3.59. The quantitative estimate of drug-likeness (QED) is 0.737. The van der Waals surface area contributed by atoms with Gasteiger partial charge in [-0.25, -0.2) is 8.42 Å². The third kappa shape index (κ3) is 2.68. The van der Waals surface area contributed by atoms with Crippen molar-refractivity contribution in [2.24, 2.45) is 12.5 Å². The molecule has 146 valence electrons. The number of hydrogen-bond donors (Lipinski definition) is 1. The second-order valence-corrected chi connectivity index (χ2v) is 10.4. The number of pyridine rings is 1. The van der Waals surface area contributed by atoms with Gasteiger partial charge in [0.25, 0.3) is 5.56 Å². The van der Waals surface area contributed by atoms with Gasteiger partial charge < -0.3 is 14.5 Å². The maximum atomic E-state index is 12.5. The predicted molar refractivity (Wildman–Crippen MR) is 111 cm³/mol. The average Bonchev–Trinajstić information content (AvgIpc) is 3.05. The minimum absolute atomic E-state index is 0.0947. The average molecular weight is 398 g/mol. The van der Waals surface area contributed by atoms with Gasteiger partial charge in [-0.05, 0) is 48.9 Å². The van der Waals surface area contributed by atoms with E-state index in [1.807, 2.05) is 18.3 Å². The second-order valence-electron chi connectivity index (χ2n) is 8.35. The number of anilines is 1. The number of H-pyrrole nitrogens is 1. The van der Waals surface area contributed by atoms with E-state index in [2.05, 4.69) is 9.88 Å². The highest BCUT2D eigenvalue weighted by Crippen LogP contribution is 2.54. The molecule has 1 aromatic carbocycles. The van der Waals surface area contributed by atoms with Crippen LogP contribution in [0.25, 0.3) is 22.0 Å². The van der Waals surface area contributed by atoms with Crippen LogP contribution in [0, 0.1) is 5.41 Å². The van der Waals surface area contributed by atoms with Crippen LogP contribution >= 0.6 is 0 Å². The molecule has 2 aliphatic rings. The summed E-state index contributed by atoms with van der Waals surface area (Å²) in [6.45, 7) is 1.99. The van der Waals surface area contributed by atoms with Gasteiger partial charge in [0.05, 0.1) is 4.90 Å². The number of benzene rings is 1. The zero-order valence-corrected chi connectivity index (χ0v) is 16.8. The molecule has 1 saturated carbocycles. The number of nitrogens with one attached hydrogen (secondary N) is 1. The number of fused-ring (bicyclic) bond motifs is 1. The van der Waals surface area contributed by atoms with Gasteiger partial charge in [0.15, 0.2) is 9.84 Å². The smallest absolute Gasteiger partial charge is 0.274 e. The Morgan fingerprint density at radius 1 is 1.11 bits per heavy atom. The van der Waals surface area contributed by atoms with Crippen LogP contribution in [0.4, 0.5) is 5.69 Å². The first kappa shape index (κ1) is 17.6. The molecule has 1 aliphatic heterocycles. The summed E-state index contributed by atoms with van der Waals surface area (Å²) in [4.78, 5) is 18.2. The first-order chi connectivity index (χ1) is 13.3. The first-order valence-electron chi connectivity index (χ1n) is 9.54. The number of nitrogens with zero attached hydrogens (tertiary/aromatic N) is 2. The molecule has 0 atom stereocenters. The van der Waals surface area contributed by atoms with Gasteiger partial charge in [0.1, 0.15) is 5.52 Å². The molecule has 5 rings (SSSR count). The normalized spacial score (nSPS) is 18.3. The molecule has 0 radical (unpaired) electrons. The van der Waals surface area contributed by atoms with Crippen LogP contribution in [0.1, 0.15) is 19.3 Å². The highest BCUT2D eigenvalue weighted by molar-refractivity contribution is 7.90. The van der Waals surface area contributed by atoms with E-state index < -0.39 is 9.84 Å². The number of aromatic amines is 1. The van der Waals surface area contributed by atoms with Gasteiger partial charge in [-0.15, -0.1) is 0 Å². The molecular weight excluding hydrogens is 374 g/mol. The Morgan fingerprint density at radius 3 is 2.57 bits per heavy atom. The fraction of sp³-hybridized carbons (Fsp3) is 0.381. The Balaban J connectivity index is 1.76. The number of rotatable bonds is 3. The van der Waals surface area contributed by atoms with Crippen LogP contribution in [-0.4, -0.2) is 37.3 Å². The molecule has 7 heteroatoms. The van der Waals surface area contributed by atoms with E-state index in [-0.39, 0.29) is 5.56 Å². The number of aromatic nitrogens is 2. The van der Waals surface area contributed by atoms with E-state index in [4.69, 9.17) is 0 Å². The summed E-state index contributed by atoms with van der Waals surface area (Å²) in [6.07, 6.45) is 8.54. The van der Waals surface area contributed by atoms with Gasteiger partial charge in [-0.3, -0.25) is 4.79 Å². The lowest BCUT2D eigenvalue weighted by Crippen LogP contribution is -2.21. The maximum absolute atomic E-state index is 12.5. The van der Waals surface area contributed by atoms with Crippen LogP contribution in [0.5, 0.6) is 0 Å². The van der Waals surface area contributed by atoms with Gasteiger partial charge in [-0.1, -0.05) is 0 Å². The van der Waals surface area contributed by atoms with Crippen LogP contribution < -0.4 is 10.5 Å². The summed E-state index contributed by atoms with van der Waals surface area (Å²) >= 11 is 0. The van der Waals surface area contributed by atoms with E-state index in [0.717, 1.165) is 35.3 Å². The Bertz CT molecular complexity index is 1270. The fourth-order valence-electron chi connectivity index (χ4n) is 4.45. The van der Waals surface area contributed by atoms with Crippen LogP contribution in [0.15, 0.2) is 46.3 Å². The van der Waals surface area contributed by atoms with Crippen molar-refractivity contribution in [2.45, 2.75) is 24.2 Å². The molecule has 2 fully saturated rings. The summed E-state index contributed by atoms with van der Waals surface area (Å²) < 4.78 is 26.0. The van der Waals surface area contributed by atoms with Gasteiger partial charge in [0, 0.05) is 61.0 Å². The number of sulfone groups is 1. The maximum Gasteiger partial charge on any atom is 0.274 e. The van der Waals surface area contributed by atoms with Gasteiger partial charge >= 0.3 is 0 Å². The molecule has 0 unspecified atom stereocenters. The molecule has 2 aromatic heterocycles. The van der Waals surface area contributed by atoms with Crippen molar-refractivity contribution in [3.05, 3.63) is 47.0 Å². The summed E-state index contributed by atoms with van der Waals surface area (Å²) in [5, 5.41) is 0.815. The Morgan fingerprint density at radius 2 is 1.89 bits per heavy atom. The van der Waals surface area contributed by atoms with Crippen molar-refractivity contribution >= 4 is 26.4 Å². The second kappa shape index (κ2) is 5.73. The molecule has 1 spiro atoms. The number of hydrogen-bond acceptors (Lipinski definition) is 4. The molecule has 1 aliphatic carbocycles. The van der Waals surface area contributed by atoms with Crippen molar-refractivity contribution < 1.29 is 8.42 Å². The van der Waals surface area contributed by atoms with E-state index >= 15 is 0 Å². The number of aryl methyl sites for hydroxylation is 1. The first-order valence-corrected chi connectivity index (χ1v) is 11.4. The largest absolute Gasteiger partial charge is 0.370 e. The molecule has 3 aromatic rings. The lowest BCUT2D eigenvalue weighted by molar-refractivity contribution is 0.581. The Labute approximate surface area is 163 Å². The summed E-state index contributed by atoms with van der Waals surface area (Å²) in [7, 11) is -1.61.